The lowest BCUT2D eigenvalue weighted by molar-refractivity contribution is -0.136. The standard InChI is InChI=1S/C14H16N4O3S2/c1-3-10(11(19)20)22-14-18-17-13(23-14)16-12(21)15-9-6-4-8(2)5-7-9/h4-7,10H,3H2,1-2H3,(H,19,20)(H2,15,16,17,21)/t10-/m0/s1. The summed E-state index contributed by atoms with van der Waals surface area (Å²) >= 11 is 2.26. The maximum atomic E-state index is 11.9. The summed E-state index contributed by atoms with van der Waals surface area (Å²) in [6, 6.07) is 6.97. The molecule has 1 atom stereocenters. The average Bonchev–Trinajstić information content (AvgIpc) is 2.94. The lowest BCUT2D eigenvalue weighted by atomic mass is 10.2. The Labute approximate surface area is 141 Å². The number of urea groups is 1. The molecular weight excluding hydrogens is 336 g/mol. The summed E-state index contributed by atoms with van der Waals surface area (Å²) < 4.78 is 0.505. The first-order valence-electron chi connectivity index (χ1n) is 6.85. The number of thioether (sulfide) groups is 1. The molecule has 0 unspecified atom stereocenters. The van der Waals surface area contributed by atoms with E-state index in [0.29, 0.717) is 21.6 Å². The molecule has 7 nitrogen and oxygen atoms in total. The van der Waals surface area contributed by atoms with Crippen molar-refractivity contribution in [1.29, 1.82) is 0 Å². The zero-order valence-electron chi connectivity index (χ0n) is 12.6. The predicted octanol–water partition coefficient (Wildman–Crippen LogP) is 3.45. The summed E-state index contributed by atoms with van der Waals surface area (Å²) in [6.45, 7) is 3.76. The number of aliphatic carboxylic acids is 1. The number of nitrogens with one attached hydrogen (secondary N) is 2. The van der Waals surface area contributed by atoms with E-state index in [4.69, 9.17) is 5.11 Å². The Balaban J connectivity index is 1.91. The zero-order valence-corrected chi connectivity index (χ0v) is 14.2. The van der Waals surface area contributed by atoms with Gasteiger partial charge in [-0.2, -0.15) is 0 Å². The van der Waals surface area contributed by atoms with Gasteiger partial charge in [-0.3, -0.25) is 10.1 Å². The highest BCUT2D eigenvalue weighted by atomic mass is 32.2. The molecule has 1 aromatic heterocycles. The fourth-order valence-corrected chi connectivity index (χ4v) is 3.48. The monoisotopic (exact) mass is 352 g/mol. The molecule has 0 aliphatic rings. The number of nitrogens with zero attached hydrogens (tertiary/aromatic N) is 2. The predicted molar refractivity (Wildman–Crippen MR) is 91.3 cm³/mol. The minimum atomic E-state index is -0.890. The molecule has 1 heterocycles. The number of benzene rings is 1. The van der Waals surface area contributed by atoms with Gasteiger partial charge in [0, 0.05) is 5.69 Å². The lowest BCUT2D eigenvalue weighted by Gasteiger charge is -2.05. The van der Waals surface area contributed by atoms with Crippen molar-refractivity contribution in [1.82, 2.24) is 10.2 Å². The van der Waals surface area contributed by atoms with Gasteiger partial charge in [0.05, 0.1) is 0 Å². The molecule has 122 valence electrons. The minimum absolute atomic E-state index is 0.317. The molecule has 0 fully saturated rings. The summed E-state index contributed by atoms with van der Waals surface area (Å²) in [5.74, 6) is -0.890. The van der Waals surface area contributed by atoms with Crippen molar-refractivity contribution in [2.75, 3.05) is 10.6 Å². The summed E-state index contributed by atoms with van der Waals surface area (Å²) in [4.78, 5) is 22.9. The molecule has 0 radical (unpaired) electrons. The van der Waals surface area contributed by atoms with Crippen LogP contribution in [0.1, 0.15) is 18.9 Å². The number of hydrogen-bond donors (Lipinski definition) is 3. The van der Waals surface area contributed by atoms with E-state index in [2.05, 4.69) is 20.8 Å². The van der Waals surface area contributed by atoms with Crippen LogP contribution in [-0.4, -0.2) is 32.6 Å². The maximum Gasteiger partial charge on any atom is 0.325 e. The summed E-state index contributed by atoms with van der Waals surface area (Å²) in [7, 11) is 0. The number of carboxylic acids is 1. The van der Waals surface area contributed by atoms with Crippen molar-refractivity contribution in [2.45, 2.75) is 29.9 Å². The third kappa shape index (κ3) is 5.22. The van der Waals surface area contributed by atoms with Crippen LogP contribution in [0.15, 0.2) is 28.6 Å². The molecule has 0 saturated heterocycles. The first-order chi connectivity index (χ1) is 11.0. The molecule has 2 amide bonds. The molecule has 0 bridgehead atoms. The van der Waals surface area contributed by atoms with E-state index in [1.54, 1.807) is 19.1 Å². The molecule has 23 heavy (non-hydrogen) atoms. The third-order valence-electron chi connectivity index (χ3n) is 2.83. The highest BCUT2D eigenvalue weighted by Gasteiger charge is 2.19. The van der Waals surface area contributed by atoms with E-state index in [-0.39, 0.29) is 0 Å². The molecular formula is C14H16N4O3S2. The number of carbonyl (C=O) groups is 2. The molecule has 0 aliphatic heterocycles. The maximum absolute atomic E-state index is 11.9. The Morgan fingerprint density at radius 1 is 1.26 bits per heavy atom. The van der Waals surface area contributed by atoms with Gasteiger partial charge in [0.15, 0.2) is 4.34 Å². The van der Waals surface area contributed by atoms with Crippen molar-refractivity contribution in [3.05, 3.63) is 29.8 Å². The van der Waals surface area contributed by atoms with Crippen LogP contribution < -0.4 is 10.6 Å². The van der Waals surface area contributed by atoms with Crippen molar-refractivity contribution in [3.63, 3.8) is 0 Å². The van der Waals surface area contributed by atoms with Gasteiger partial charge >= 0.3 is 12.0 Å². The molecule has 1 aromatic carbocycles. The highest BCUT2D eigenvalue weighted by Crippen LogP contribution is 2.30. The first kappa shape index (κ1) is 17.2. The summed E-state index contributed by atoms with van der Waals surface area (Å²) in [5.41, 5.74) is 1.77. The van der Waals surface area contributed by atoms with Crippen LogP contribution in [0.5, 0.6) is 0 Å². The summed E-state index contributed by atoms with van der Waals surface area (Å²) in [6.07, 6.45) is 0.482. The van der Waals surface area contributed by atoms with Gasteiger partial charge in [-0.15, -0.1) is 10.2 Å². The van der Waals surface area contributed by atoms with Crippen LogP contribution >= 0.6 is 23.1 Å². The lowest BCUT2D eigenvalue weighted by Crippen LogP contribution is -2.19. The Morgan fingerprint density at radius 3 is 2.57 bits per heavy atom. The van der Waals surface area contributed by atoms with Crippen LogP contribution in [0, 0.1) is 6.92 Å². The van der Waals surface area contributed by atoms with Crippen LogP contribution in [0.3, 0.4) is 0 Å². The quantitative estimate of drug-likeness (QED) is 0.543. The van der Waals surface area contributed by atoms with Gasteiger partial charge in [-0.05, 0) is 25.5 Å². The van der Waals surface area contributed by atoms with Gasteiger partial charge < -0.3 is 10.4 Å². The molecule has 0 spiro atoms. The largest absolute Gasteiger partial charge is 0.480 e. The van der Waals surface area contributed by atoms with Crippen LogP contribution in [0.2, 0.25) is 0 Å². The Hall–Kier alpha value is -2.13. The van der Waals surface area contributed by atoms with Gasteiger partial charge in [0.1, 0.15) is 5.25 Å². The Bertz CT molecular complexity index is 688. The second kappa shape index (κ2) is 7.93. The minimum Gasteiger partial charge on any atom is -0.480 e. The van der Waals surface area contributed by atoms with E-state index < -0.39 is 17.3 Å². The van der Waals surface area contributed by atoms with E-state index in [1.807, 2.05) is 19.1 Å². The van der Waals surface area contributed by atoms with E-state index >= 15 is 0 Å². The van der Waals surface area contributed by atoms with Gasteiger partial charge in [-0.25, -0.2) is 4.79 Å². The number of carbonyl (C=O) groups excluding carboxylic acids is 1. The second-order valence-electron chi connectivity index (χ2n) is 4.67. The third-order valence-corrected chi connectivity index (χ3v) is 5.10. The smallest absolute Gasteiger partial charge is 0.325 e. The second-order valence-corrected chi connectivity index (χ2v) is 7.10. The van der Waals surface area contributed by atoms with Crippen LogP contribution in [0.4, 0.5) is 15.6 Å². The molecule has 9 heteroatoms. The number of rotatable bonds is 6. The number of aromatic nitrogens is 2. The highest BCUT2D eigenvalue weighted by molar-refractivity contribution is 8.02. The number of anilines is 2. The topological polar surface area (TPSA) is 104 Å². The number of carboxylic acid groups (broad SMARTS) is 1. The van der Waals surface area contributed by atoms with Crippen LogP contribution in [0.25, 0.3) is 0 Å². The molecule has 0 aliphatic carbocycles. The van der Waals surface area contributed by atoms with Gasteiger partial charge in [0.2, 0.25) is 5.13 Å². The Kier molecular flexibility index (Phi) is 5.94. The SMILES string of the molecule is CC[C@H](Sc1nnc(NC(=O)Nc2ccc(C)cc2)s1)C(=O)O. The van der Waals surface area contributed by atoms with Crippen molar-refractivity contribution < 1.29 is 14.7 Å². The van der Waals surface area contributed by atoms with Gasteiger partial charge in [-0.1, -0.05) is 47.7 Å². The normalized spacial score (nSPS) is 11.7. The van der Waals surface area contributed by atoms with Crippen molar-refractivity contribution >= 4 is 45.9 Å². The fraction of sp³-hybridized carbons (Fsp3) is 0.286. The molecule has 0 saturated carbocycles. The molecule has 2 rings (SSSR count). The molecule has 2 aromatic rings. The average molecular weight is 352 g/mol. The summed E-state index contributed by atoms with van der Waals surface area (Å²) in [5, 5.41) is 21.8. The number of amides is 2. The molecule has 3 N–H and O–H groups in total. The van der Waals surface area contributed by atoms with E-state index in [9.17, 15) is 9.59 Å². The number of aryl methyl sites for hydroxylation is 1. The zero-order chi connectivity index (χ0) is 16.8. The van der Waals surface area contributed by atoms with Gasteiger partial charge in [0.25, 0.3) is 0 Å². The van der Waals surface area contributed by atoms with Crippen molar-refractivity contribution in [3.8, 4) is 0 Å². The van der Waals surface area contributed by atoms with E-state index in [1.165, 1.54) is 0 Å². The van der Waals surface area contributed by atoms with Crippen LogP contribution in [-0.2, 0) is 4.79 Å². The number of hydrogen-bond acceptors (Lipinski definition) is 6. The van der Waals surface area contributed by atoms with E-state index in [0.717, 1.165) is 28.7 Å². The fourth-order valence-electron chi connectivity index (χ4n) is 1.63. The Morgan fingerprint density at radius 2 is 1.96 bits per heavy atom. The first-order valence-corrected chi connectivity index (χ1v) is 8.55. The van der Waals surface area contributed by atoms with Crippen molar-refractivity contribution in [2.24, 2.45) is 0 Å².